The Bertz CT molecular complexity index is 423. The van der Waals surface area contributed by atoms with Crippen LogP contribution in [0, 0.1) is 16.0 Å². The Morgan fingerprint density at radius 1 is 1.32 bits per heavy atom. The predicted molar refractivity (Wildman–Crippen MR) is 73.9 cm³/mol. The van der Waals surface area contributed by atoms with Crippen LogP contribution in [0.4, 0.5) is 5.69 Å². The van der Waals surface area contributed by atoms with E-state index in [-0.39, 0.29) is 10.7 Å². The van der Waals surface area contributed by atoms with Crippen molar-refractivity contribution >= 4 is 17.3 Å². The second-order valence-electron chi connectivity index (χ2n) is 4.51. The van der Waals surface area contributed by atoms with Crippen molar-refractivity contribution in [3.8, 4) is 5.75 Å². The van der Waals surface area contributed by atoms with Crippen molar-refractivity contribution in [3.63, 3.8) is 0 Å². The highest BCUT2D eigenvalue weighted by Crippen LogP contribution is 2.28. The SMILES string of the molecule is CC(C)CCOCCOc1ccc([N+](=O)[O-])c(Cl)c1. The van der Waals surface area contributed by atoms with Crippen LogP contribution < -0.4 is 4.74 Å². The molecule has 0 unspecified atom stereocenters. The molecule has 0 atom stereocenters. The largest absolute Gasteiger partial charge is 0.491 e. The summed E-state index contributed by atoms with van der Waals surface area (Å²) in [4.78, 5) is 10.1. The lowest BCUT2D eigenvalue weighted by atomic mass is 10.1. The van der Waals surface area contributed by atoms with Gasteiger partial charge in [0, 0.05) is 18.7 Å². The summed E-state index contributed by atoms with van der Waals surface area (Å²) in [7, 11) is 0. The van der Waals surface area contributed by atoms with E-state index in [1.54, 1.807) is 0 Å². The molecule has 6 heteroatoms. The number of hydrogen-bond acceptors (Lipinski definition) is 4. The molecule has 0 saturated heterocycles. The van der Waals surface area contributed by atoms with E-state index in [1.807, 2.05) is 0 Å². The minimum atomic E-state index is -0.527. The molecule has 1 rings (SSSR count). The van der Waals surface area contributed by atoms with Crippen molar-refractivity contribution in [1.82, 2.24) is 0 Å². The third-order valence-electron chi connectivity index (χ3n) is 2.45. The van der Waals surface area contributed by atoms with Crippen LogP contribution in [0.25, 0.3) is 0 Å². The van der Waals surface area contributed by atoms with Crippen LogP contribution in [-0.2, 0) is 4.74 Å². The normalized spacial score (nSPS) is 10.7. The van der Waals surface area contributed by atoms with Gasteiger partial charge in [-0.05, 0) is 18.4 Å². The summed E-state index contributed by atoms with van der Waals surface area (Å²) >= 11 is 5.77. The monoisotopic (exact) mass is 287 g/mol. The maximum absolute atomic E-state index is 10.6. The van der Waals surface area contributed by atoms with Crippen LogP contribution in [0.5, 0.6) is 5.75 Å². The standard InChI is InChI=1S/C13H18ClNO4/c1-10(2)5-6-18-7-8-19-11-3-4-13(15(16)17)12(14)9-11/h3-4,9-10H,5-8H2,1-2H3. The Morgan fingerprint density at radius 2 is 2.05 bits per heavy atom. The topological polar surface area (TPSA) is 61.6 Å². The van der Waals surface area contributed by atoms with Gasteiger partial charge in [0.2, 0.25) is 0 Å². The molecule has 0 aliphatic carbocycles. The molecule has 0 saturated carbocycles. The Hall–Kier alpha value is -1.33. The van der Waals surface area contributed by atoms with Gasteiger partial charge in [-0.1, -0.05) is 25.4 Å². The van der Waals surface area contributed by atoms with E-state index in [2.05, 4.69) is 13.8 Å². The molecule has 0 N–H and O–H groups in total. The van der Waals surface area contributed by atoms with Crippen LogP contribution in [0.15, 0.2) is 18.2 Å². The summed E-state index contributed by atoms with van der Waals surface area (Å²) in [6.45, 7) is 5.87. The van der Waals surface area contributed by atoms with Crippen LogP contribution >= 0.6 is 11.6 Å². The molecule has 0 heterocycles. The molecule has 0 bridgehead atoms. The van der Waals surface area contributed by atoms with Crippen molar-refractivity contribution in [3.05, 3.63) is 33.3 Å². The molecule has 106 valence electrons. The molecule has 1 aromatic rings. The molecule has 5 nitrogen and oxygen atoms in total. The predicted octanol–water partition coefficient (Wildman–Crippen LogP) is 3.69. The second kappa shape index (κ2) is 7.96. The van der Waals surface area contributed by atoms with Crippen molar-refractivity contribution in [2.24, 2.45) is 5.92 Å². The summed E-state index contributed by atoms with van der Waals surface area (Å²) in [5.74, 6) is 1.12. The Balaban J connectivity index is 2.30. The van der Waals surface area contributed by atoms with E-state index in [0.717, 1.165) is 6.42 Å². The summed E-state index contributed by atoms with van der Waals surface area (Å²) < 4.78 is 10.8. The molecule has 0 amide bonds. The molecule has 0 aliphatic rings. The molecule has 0 spiro atoms. The number of halogens is 1. The number of ether oxygens (including phenoxy) is 2. The fraction of sp³-hybridized carbons (Fsp3) is 0.538. The number of nitro benzene ring substituents is 1. The first-order valence-electron chi connectivity index (χ1n) is 6.15. The van der Waals surface area contributed by atoms with Gasteiger partial charge in [0.15, 0.2) is 0 Å². The summed E-state index contributed by atoms with van der Waals surface area (Å²) in [6, 6.07) is 4.29. The average Bonchev–Trinajstić information content (AvgIpc) is 2.32. The fourth-order valence-corrected chi connectivity index (χ4v) is 1.60. The highest BCUT2D eigenvalue weighted by molar-refractivity contribution is 6.32. The molecule has 0 radical (unpaired) electrons. The summed E-state index contributed by atoms with van der Waals surface area (Å²) in [6.07, 6.45) is 1.02. The van der Waals surface area contributed by atoms with Gasteiger partial charge < -0.3 is 9.47 Å². The van der Waals surface area contributed by atoms with E-state index in [0.29, 0.717) is 31.5 Å². The molecule has 19 heavy (non-hydrogen) atoms. The molecular formula is C13H18ClNO4. The van der Waals surface area contributed by atoms with Gasteiger partial charge in [0.05, 0.1) is 11.5 Å². The van der Waals surface area contributed by atoms with Gasteiger partial charge in [-0.15, -0.1) is 0 Å². The number of nitrogens with zero attached hydrogens (tertiary/aromatic N) is 1. The highest BCUT2D eigenvalue weighted by Gasteiger charge is 2.12. The van der Waals surface area contributed by atoms with Crippen molar-refractivity contribution in [2.75, 3.05) is 19.8 Å². The van der Waals surface area contributed by atoms with E-state index in [9.17, 15) is 10.1 Å². The van der Waals surface area contributed by atoms with Crippen molar-refractivity contribution in [1.29, 1.82) is 0 Å². The minimum Gasteiger partial charge on any atom is -0.491 e. The van der Waals surface area contributed by atoms with Gasteiger partial charge in [-0.3, -0.25) is 10.1 Å². The number of hydrogen-bond donors (Lipinski definition) is 0. The van der Waals surface area contributed by atoms with Crippen LogP contribution in [0.2, 0.25) is 5.02 Å². The van der Waals surface area contributed by atoms with E-state index < -0.39 is 4.92 Å². The zero-order valence-electron chi connectivity index (χ0n) is 11.1. The number of rotatable bonds is 8. The summed E-state index contributed by atoms with van der Waals surface area (Å²) in [5.41, 5.74) is -0.123. The lowest BCUT2D eigenvalue weighted by Crippen LogP contribution is -2.08. The Morgan fingerprint density at radius 3 is 2.63 bits per heavy atom. The first-order valence-corrected chi connectivity index (χ1v) is 6.53. The Labute approximate surface area is 117 Å². The van der Waals surface area contributed by atoms with E-state index in [1.165, 1.54) is 18.2 Å². The van der Waals surface area contributed by atoms with Crippen LogP contribution in [-0.4, -0.2) is 24.7 Å². The molecule has 0 aliphatic heterocycles. The Kier molecular flexibility index (Phi) is 6.59. The second-order valence-corrected chi connectivity index (χ2v) is 4.92. The quantitative estimate of drug-likeness (QED) is 0.415. The van der Waals surface area contributed by atoms with Crippen LogP contribution in [0.3, 0.4) is 0 Å². The summed E-state index contributed by atoms with van der Waals surface area (Å²) in [5, 5.41) is 10.7. The van der Waals surface area contributed by atoms with Gasteiger partial charge in [0.1, 0.15) is 17.4 Å². The lowest BCUT2D eigenvalue weighted by Gasteiger charge is -2.08. The third kappa shape index (κ3) is 5.89. The van der Waals surface area contributed by atoms with Crippen LogP contribution in [0.1, 0.15) is 20.3 Å². The van der Waals surface area contributed by atoms with E-state index in [4.69, 9.17) is 21.1 Å². The van der Waals surface area contributed by atoms with Crippen molar-refractivity contribution < 1.29 is 14.4 Å². The number of benzene rings is 1. The highest BCUT2D eigenvalue weighted by atomic mass is 35.5. The first-order chi connectivity index (χ1) is 9.00. The van der Waals surface area contributed by atoms with Gasteiger partial charge in [0.25, 0.3) is 5.69 Å². The zero-order valence-corrected chi connectivity index (χ0v) is 11.9. The maximum Gasteiger partial charge on any atom is 0.288 e. The van der Waals surface area contributed by atoms with Crippen molar-refractivity contribution in [2.45, 2.75) is 20.3 Å². The average molecular weight is 288 g/mol. The van der Waals surface area contributed by atoms with Gasteiger partial charge in [-0.2, -0.15) is 0 Å². The molecule has 0 aromatic heterocycles. The maximum atomic E-state index is 10.6. The molecule has 1 aromatic carbocycles. The smallest absolute Gasteiger partial charge is 0.288 e. The molecular weight excluding hydrogens is 270 g/mol. The zero-order chi connectivity index (χ0) is 14.3. The van der Waals surface area contributed by atoms with Gasteiger partial charge in [-0.25, -0.2) is 0 Å². The molecule has 0 fully saturated rings. The minimum absolute atomic E-state index is 0.0724. The first kappa shape index (κ1) is 15.7. The van der Waals surface area contributed by atoms with E-state index >= 15 is 0 Å². The number of nitro groups is 1. The van der Waals surface area contributed by atoms with Gasteiger partial charge >= 0.3 is 0 Å². The fourth-order valence-electron chi connectivity index (χ4n) is 1.37. The third-order valence-corrected chi connectivity index (χ3v) is 2.75. The lowest BCUT2D eigenvalue weighted by molar-refractivity contribution is -0.384.